The lowest BCUT2D eigenvalue weighted by Crippen LogP contribution is -2.41. The van der Waals surface area contributed by atoms with Crippen molar-refractivity contribution in [2.24, 2.45) is 0 Å². The minimum atomic E-state index is -0.350. The summed E-state index contributed by atoms with van der Waals surface area (Å²) in [6.45, 7) is 8.36. The topological polar surface area (TPSA) is 18.5 Å². The number of hydrogen-bond donors (Lipinski definition) is 0. The molecule has 0 aromatic heterocycles. The first-order valence-electron chi connectivity index (χ1n) is 13.7. The van der Waals surface area contributed by atoms with Gasteiger partial charge in [-0.3, -0.25) is 0 Å². The molecule has 3 heteroatoms. The molecule has 0 N–H and O–H groups in total. The highest BCUT2D eigenvalue weighted by atomic mass is 16.7. The number of benzene rings is 6. The molecule has 0 aliphatic carbocycles. The Labute approximate surface area is 230 Å². The van der Waals surface area contributed by atoms with Gasteiger partial charge in [0.15, 0.2) is 0 Å². The van der Waals surface area contributed by atoms with E-state index >= 15 is 0 Å². The summed E-state index contributed by atoms with van der Waals surface area (Å²) in [4.78, 5) is 0. The van der Waals surface area contributed by atoms with E-state index in [0.29, 0.717) is 0 Å². The Morgan fingerprint density at radius 1 is 0.410 bits per heavy atom. The van der Waals surface area contributed by atoms with Gasteiger partial charge in [-0.05, 0) is 99.9 Å². The molecule has 0 spiro atoms. The SMILES string of the molecule is CC1(C)OB(c2ccc(-c3ccc4c5ccc(-c6ccccc6)cc5c5ccccc5c4c3)cc2)OC1(C)C. The molecule has 1 aliphatic heterocycles. The van der Waals surface area contributed by atoms with Gasteiger partial charge in [0.25, 0.3) is 0 Å². The quantitative estimate of drug-likeness (QED) is 0.176. The number of rotatable bonds is 3. The largest absolute Gasteiger partial charge is 0.494 e. The molecule has 0 bridgehead atoms. The Hall–Kier alpha value is -3.92. The fourth-order valence-corrected chi connectivity index (χ4v) is 5.76. The zero-order valence-electron chi connectivity index (χ0n) is 22.9. The molecule has 1 aliphatic rings. The first kappa shape index (κ1) is 24.1. The average molecular weight is 506 g/mol. The van der Waals surface area contributed by atoms with E-state index in [9.17, 15) is 0 Å². The first-order chi connectivity index (χ1) is 18.8. The molecule has 1 heterocycles. The summed E-state index contributed by atoms with van der Waals surface area (Å²) in [6.07, 6.45) is 0. The lowest BCUT2D eigenvalue weighted by Gasteiger charge is -2.32. The van der Waals surface area contributed by atoms with Gasteiger partial charge in [-0.25, -0.2) is 0 Å². The number of fused-ring (bicyclic) bond motifs is 6. The molecule has 6 aromatic carbocycles. The van der Waals surface area contributed by atoms with Crippen molar-refractivity contribution < 1.29 is 9.31 Å². The zero-order valence-corrected chi connectivity index (χ0v) is 22.9. The third-order valence-corrected chi connectivity index (χ3v) is 8.71. The molecule has 0 amide bonds. The summed E-state index contributed by atoms with van der Waals surface area (Å²) >= 11 is 0. The van der Waals surface area contributed by atoms with Crippen LogP contribution in [0.4, 0.5) is 0 Å². The van der Waals surface area contributed by atoms with Crippen molar-refractivity contribution in [1.29, 1.82) is 0 Å². The van der Waals surface area contributed by atoms with Crippen molar-refractivity contribution >= 4 is 44.9 Å². The van der Waals surface area contributed by atoms with Crippen LogP contribution in [0.15, 0.2) is 115 Å². The molecule has 1 saturated heterocycles. The summed E-state index contributed by atoms with van der Waals surface area (Å²) in [5, 5.41) is 7.69. The fraction of sp³-hybridized carbons (Fsp3) is 0.167. The Morgan fingerprint density at radius 3 is 1.33 bits per heavy atom. The minimum absolute atomic E-state index is 0.347. The van der Waals surface area contributed by atoms with Crippen LogP contribution >= 0.6 is 0 Å². The lowest BCUT2D eigenvalue weighted by molar-refractivity contribution is 0.00578. The van der Waals surface area contributed by atoms with E-state index in [1.807, 2.05) is 0 Å². The van der Waals surface area contributed by atoms with E-state index in [0.717, 1.165) is 5.46 Å². The summed E-state index contributed by atoms with van der Waals surface area (Å²) in [5.41, 5.74) is 5.22. The highest BCUT2D eigenvalue weighted by molar-refractivity contribution is 6.62. The monoisotopic (exact) mass is 506 g/mol. The van der Waals surface area contributed by atoms with Gasteiger partial charge < -0.3 is 9.31 Å². The van der Waals surface area contributed by atoms with Crippen LogP contribution in [0, 0.1) is 0 Å². The standard InChI is InChI=1S/C36H31BO2/c1-35(2)36(3,4)39-37(38-35)28-18-14-25(15-19-28)27-17-21-32-31-20-16-26(24-10-6-5-7-11-24)22-33(31)29-12-8-9-13-30(29)34(32)23-27/h5-23H,1-4H3. The molecule has 0 unspecified atom stereocenters. The van der Waals surface area contributed by atoms with Crippen LogP contribution in [0.1, 0.15) is 27.7 Å². The minimum Gasteiger partial charge on any atom is -0.399 e. The fourth-order valence-electron chi connectivity index (χ4n) is 5.76. The van der Waals surface area contributed by atoms with Crippen LogP contribution in [0.2, 0.25) is 0 Å². The average Bonchev–Trinajstić information content (AvgIpc) is 3.19. The maximum Gasteiger partial charge on any atom is 0.494 e. The van der Waals surface area contributed by atoms with Gasteiger partial charge in [-0.15, -0.1) is 0 Å². The van der Waals surface area contributed by atoms with E-state index < -0.39 is 0 Å². The first-order valence-corrected chi connectivity index (χ1v) is 13.7. The molecule has 0 atom stereocenters. The second kappa shape index (κ2) is 8.81. The zero-order chi connectivity index (χ0) is 26.8. The van der Waals surface area contributed by atoms with Gasteiger partial charge in [-0.1, -0.05) is 103 Å². The van der Waals surface area contributed by atoms with Crippen molar-refractivity contribution in [1.82, 2.24) is 0 Å². The second-order valence-corrected chi connectivity index (χ2v) is 11.6. The summed E-state index contributed by atoms with van der Waals surface area (Å²) < 4.78 is 12.5. The van der Waals surface area contributed by atoms with Gasteiger partial charge in [0.05, 0.1) is 11.2 Å². The highest BCUT2D eigenvalue weighted by Gasteiger charge is 2.51. The molecule has 0 saturated carbocycles. The molecule has 6 aromatic rings. The molecular formula is C36H31BO2. The van der Waals surface area contributed by atoms with Crippen LogP contribution in [0.5, 0.6) is 0 Å². The molecular weight excluding hydrogens is 475 g/mol. The van der Waals surface area contributed by atoms with Gasteiger partial charge in [0.2, 0.25) is 0 Å². The Kier molecular flexibility index (Phi) is 5.45. The van der Waals surface area contributed by atoms with Gasteiger partial charge in [0.1, 0.15) is 0 Å². The normalized spacial score (nSPS) is 16.4. The Balaban J connectivity index is 1.32. The van der Waals surface area contributed by atoms with Gasteiger partial charge in [-0.2, -0.15) is 0 Å². The molecule has 0 radical (unpaired) electrons. The molecule has 39 heavy (non-hydrogen) atoms. The van der Waals surface area contributed by atoms with E-state index in [1.165, 1.54) is 54.6 Å². The lowest BCUT2D eigenvalue weighted by atomic mass is 9.78. The van der Waals surface area contributed by atoms with Crippen LogP contribution in [-0.2, 0) is 9.31 Å². The molecule has 190 valence electrons. The van der Waals surface area contributed by atoms with E-state index in [4.69, 9.17) is 9.31 Å². The predicted octanol–water partition coefficient (Wildman–Crippen LogP) is 8.78. The molecule has 1 fully saturated rings. The maximum atomic E-state index is 6.26. The van der Waals surface area contributed by atoms with Crippen molar-refractivity contribution in [2.75, 3.05) is 0 Å². The van der Waals surface area contributed by atoms with Crippen molar-refractivity contribution in [2.45, 2.75) is 38.9 Å². The van der Waals surface area contributed by atoms with Crippen LogP contribution < -0.4 is 5.46 Å². The van der Waals surface area contributed by atoms with E-state index in [1.54, 1.807) is 0 Å². The smallest absolute Gasteiger partial charge is 0.399 e. The van der Waals surface area contributed by atoms with Crippen molar-refractivity contribution in [3.05, 3.63) is 115 Å². The maximum absolute atomic E-state index is 6.26. The van der Waals surface area contributed by atoms with Crippen molar-refractivity contribution in [3.63, 3.8) is 0 Å². The van der Waals surface area contributed by atoms with Crippen LogP contribution in [0.25, 0.3) is 54.6 Å². The Morgan fingerprint density at radius 2 is 0.821 bits per heavy atom. The second-order valence-electron chi connectivity index (χ2n) is 11.6. The summed E-state index contributed by atoms with van der Waals surface area (Å²) in [6, 6.07) is 41.7. The predicted molar refractivity (Wildman–Crippen MR) is 166 cm³/mol. The molecule has 7 rings (SSSR count). The molecule has 2 nitrogen and oxygen atoms in total. The van der Waals surface area contributed by atoms with Crippen molar-refractivity contribution in [3.8, 4) is 22.3 Å². The summed E-state index contributed by atoms with van der Waals surface area (Å²) in [5.74, 6) is 0. The van der Waals surface area contributed by atoms with Crippen LogP contribution in [0.3, 0.4) is 0 Å². The van der Waals surface area contributed by atoms with Gasteiger partial charge >= 0.3 is 7.12 Å². The van der Waals surface area contributed by atoms with Crippen LogP contribution in [-0.4, -0.2) is 18.3 Å². The van der Waals surface area contributed by atoms with Gasteiger partial charge in [0, 0.05) is 0 Å². The third kappa shape index (κ3) is 3.96. The highest BCUT2D eigenvalue weighted by Crippen LogP contribution is 2.39. The van der Waals surface area contributed by atoms with E-state index in [2.05, 4.69) is 143 Å². The number of hydrogen-bond acceptors (Lipinski definition) is 2. The third-order valence-electron chi connectivity index (χ3n) is 8.71. The van der Waals surface area contributed by atoms with E-state index in [-0.39, 0.29) is 18.3 Å². The summed E-state index contributed by atoms with van der Waals surface area (Å²) in [7, 11) is -0.350. The Bertz CT molecular complexity index is 1820.